The minimum absolute atomic E-state index is 0.0397. The van der Waals surface area contributed by atoms with Crippen LogP contribution >= 0.6 is 0 Å². The molecule has 40 heteroatoms. The monoisotopic (exact) mass is 1450 g/mol. The van der Waals surface area contributed by atoms with Crippen LogP contribution in [0, 0.1) is 81.8 Å². The molecule has 8 bridgehead atoms. The van der Waals surface area contributed by atoms with Gasteiger partial charge in [0.1, 0.15) is 59.3 Å². The fourth-order valence-corrected chi connectivity index (χ4v) is 23.4. The molecular weight excluding hydrogens is 1390 g/mol. The highest BCUT2D eigenvalue weighted by molar-refractivity contribution is 7.89. The third-order valence-corrected chi connectivity index (χ3v) is 26.8. The zero-order chi connectivity index (χ0) is 71.4. The van der Waals surface area contributed by atoms with Gasteiger partial charge in [0.25, 0.3) is 40.5 Å². The van der Waals surface area contributed by atoms with E-state index in [4.69, 9.17) is 41.0 Å². The molecule has 96 heavy (non-hydrogen) atoms. The Morgan fingerprint density at radius 3 is 1.25 bits per heavy atom. The van der Waals surface area contributed by atoms with Crippen molar-refractivity contribution < 1.29 is 153 Å². The van der Waals surface area contributed by atoms with Gasteiger partial charge in [-0.05, 0) is 66.2 Å². The molecule has 22 unspecified atom stereocenters. The van der Waals surface area contributed by atoms with Crippen LogP contribution in [0.3, 0.4) is 0 Å². The van der Waals surface area contributed by atoms with E-state index in [0.29, 0.717) is 12.8 Å². The topological polar surface area (TPSA) is 431 Å². The number of esters is 8. The number of rotatable bonds is 16. The molecule has 0 spiro atoms. The Labute approximate surface area is 543 Å². The summed E-state index contributed by atoms with van der Waals surface area (Å²) in [5.74, 6) is -15.2. The molecule has 4 saturated heterocycles. The summed E-state index contributed by atoms with van der Waals surface area (Å²) < 4.78 is 231. The molecule has 4 heterocycles. The number of nitriles is 2. The minimum Gasteiger partial charge on any atom is -0.457 e. The standard InChI is InChI=1S/2C14H15F3O7S.2C14H15NO7S/c1-6(2)12(19)22-5-9(18)23-10-7-3-8-11(10)24-25(20,21)13(8,4-7)14(15,16)17;1-5(2)13(19)22-4-8(18)23-10-6-3-7-11(10)24-25(20,21)12(7)9(6)14(15,16)17;1-7(2)13(17)20-5-10(16)21-11-8-3-9-12(11)22-23(18,19)14(9,4-8)6-15;1-6(2)14(17)20-5-10(16)21-11-7-3-8-12(11)22-23(18,19)13(8)9(7)4-15/h7-8,10-11H,1,3-5H2,2H3;6-7,9-12H,1,3-4H2,2H3;8-9,11-12H,1,3-5H2,2H3;7-9,11-13H,1,3,5H2,2H3. The summed E-state index contributed by atoms with van der Waals surface area (Å²) in [5.41, 5.74) is 0.405. The molecule has 0 radical (unpaired) electrons. The Morgan fingerprint density at radius 1 is 0.479 bits per heavy atom. The van der Waals surface area contributed by atoms with Gasteiger partial charge in [0.15, 0.2) is 35.9 Å². The molecule has 0 aromatic carbocycles. The van der Waals surface area contributed by atoms with Crippen LogP contribution in [0.15, 0.2) is 48.6 Å². The van der Waals surface area contributed by atoms with Gasteiger partial charge in [-0.3, -0.25) is 16.7 Å². The van der Waals surface area contributed by atoms with Gasteiger partial charge in [-0.2, -0.15) is 70.5 Å². The number of fused-ring (bicyclic) bond motifs is 4. The summed E-state index contributed by atoms with van der Waals surface area (Å²) in [4.78, 5) is 92.1. The molecule has 0 N–H and O–H groups in total. The van der Waals surface area contributed by atoms with Gasteiger partial charge in [0.05, 0.1) is 24.0 Å². The molecule has 8 saturated carbocycles. The van der Waals surface area contributed by atoms with Crippen molar-refractivity contribution >= 4 is 88.2 Å². The molecule has 0 aromatic rings. The maximum absolute atomic E-state index is 13.4. The van der Waals surface area contributed by atoms with E-state index in [-0.39, 0.29) is 59.3 Å². The van der Waals surface area contributed by atoms with E-state index in [0.717, 1.165) is 0 Å². The normalized spacial score (nSPS) is 38.2. The van der Waals surface area contributed by atoms with Crippen molar-refractivity contribution in [2.24, 2.45) is 59.2 Å². The lowest BCUT2D eigenvalue weighted by Gasteiger charge is -2.33. The average Bonchev–Trinajstić information content (AvgIpc) is 1.53. The summed E-state index contributed by atoms with van der Waals surface area (Å²) in [6.45, 7) is 16.3. The third-order valence-electron chi connectivity index (χ3n) is 19.2. The molecule has 12 rings (SSSR count). The largest absolute Gasteiger partial charge is 0.457 e. The molecule has 0 amide bonds. The maximum atomic E-state index is 13.4. The van der Waals surface area contributed by atoms with E-state index in [2.05, 4.69) is 40.0 Å². The molecule has 8 aliphatic carbocycles. The van der Waals surface area contributed by atoms with Gasteiger partial charge in [-0.25, -0.2) is 38.4 Å². The van der Waals surface area contributed by atoms with E-state index >= 15 is 0 Å². The van der Waals surface area contributed by atoms with Crippen LogP contribution in [0.25, 0.3) is 0 Å². The number of nitrogens with zero attached hydrogens (tertiary/aromatic N) is 2. The van der Waals surface area contributed by atoms with E-state index < -0.39 is 244 Å². The lowest BCUT2D eigenvalue weighted by atomic mass is 9.83. The number of alkyl halides is 6. The second-order valence-corrected chi connectivity index (χ2v) is 32.3. The fourth-order valence-electron chi connectivity index (χ4n) is 15.5. The van der Waals surface area contributed by atoms with Crippen LogP contribution in [0.4, 0.5) is 26.3 Å². The Bertz CT molecular complexity index is 3940. The molecule has 12 fully saturated rings. The first-order chi connectivity index (χ1) is 44.3. The van der Waals surface area contributed by atoms with Gasteiger partial charge >= 0.3 is 60.1 Å². The lowest BCUT2D eigenvalue weighted by molar-refractivity contribution is -0.204. The van der Waals surface area contributed by atoms with Crippen molar-refractivity contribution in [2.45, 2.75) is 147 Å². The maximum Gasteiger partial charge on any atom is 0.410 e. The second kappa shape index (κ2) is 25.7. The summed E-state index contributed by atoms with van der Waals surface area (Å²) in [6, 6.07) is 3.88. The highest BCUT2D eigenvalue weighted by atomic mass is 32.2. The molecule has 22 atom stereocenters. The number of hydrogen-bond donors (Lipinski definition) is 0. The third kappa shape index (κ3) is 12.7. The molecule has 30 nitrogen and oxygen atoms in total. The summed E-state index contributed by atoms with van der Waals surface area (Å²) in [6.07, 6.45) is -17.6. The Balaban J connectivity index is 0.000000150. The predicted molar refractivity (Wildman–Crippen MR) is 297 cm³/mol. The first kappa shape index (κ1) is 73.2. The Kier molecular flexibility index (Phi) is 19.6. The first-order valence-corrected chi connectivity index (χ1v) is 34.8. The number of hydrogen-bond acceptors (Lipinski definition) is 30. The number of ether oxygens (including phenoxy) is 8. The van der Waals surface area contributed by atoms with Crippen molar-refractivity contribution in [3.8, 4) is 12.1 Å². The van der Waals surface area contributed by atoms with Gasteiger partial charge in [0, 0.05) is 69.6 Å². The number of halogens is 6. The summed E-state index contributed by atoms with van der Waals surface area (Å²) in [7, 11) is -17.1. The molecule has 528 valence electrons. The van der Waals surface area contributed by atoms with Crippen molar-refractivity contribution in [2.75, 3.05) is 26.4 Å². The first-order valence-electron chi connectivity index (χ1n) is 29.0. The zero-order valence-electron chi connectivity index (χ0n) is 50.7. The van der Waals surface area contributed by atoms with E-state index in [1.165, 1.54) is 27.7 Å². The molecule has 12 aliphatic rings. The SMILES string of the molecule is C=C(C)C(=O)OCC(=O)OC1C2CC3C1OS(=O)(=O)C3(C#N)C2.C=C(C)C(=O)OCC(=O)OC1C2CC3C1OS(=O)(=O)C3(C(F)(F)F)C2.C=C(C)C(=O)OCC(=O)OC1C2CC3C1OS(=O)(=O)C3C2C#N.C=C(C)C(=O)OCC(=O)OC1C2CC3C1OS(=O)(=O)C3C2C(F)(F)F. The Hall–Kier alpha value is -7.08. The van der Waals surface area contributed by atoms with Gasteiger partial charge in [0.2, 0.25) is 0 Å². The van der Waals surface area contributed by atoms with Crippen molar-refractivity contribution in [3.05, 3.63) is 48.6 Å². The van der Waals surface area contributed by atoms with Crippen LogP contribution in [-0.2, 0) is 133 Å². The van der Waals surface area contributed by atoms with Crippen molar-refractivity contribution in [1.29, 1.82) is 10.5 Å². The zero-order valence-corrected chi connectivity index (χ0v) is 53.9. The van der Waals surface area contributed by atoms with E-state index in [1.807, 2.05) is 12.1 Å². The number of carbonyl (C=O) groups excluding carboxylic acids is 8. The van der Waals surface area contributed by atoms with Crippen molar-refractivity contribution in [3.63, 3.8) is 0 Å². The number of carbonyl (C=O) groups is 8. The van der Waals surface area contributed by atoms with Crippen molar-refractivity contribution in [1.82, 2.24) is 0 Å². The molecule has 4 aliphatic heterocycles. The highest BCUT2D eigenvalue weighted by Gasteiger charge is 2.83. The van der Waals surface area contributed by atoms with Gasteiger partial charge < -0.3 is 37.9 Å². The minimum atomic E-state index is -4.97. The average molecular weight is 1450 g/mol. The highest BCUT2D eigenvalue weighted by Crippen LogP contribution is 2.67. The van der Waals surface area contributed by atoms with E-state index in [1.54, 1.807) is 0 Å². The summed E-state index contributed by atoms with van der Waals surface area (Å²) >= 11 is 0. The fraction of sp³-hybridized carbons (Fsp3) is 0.679. The Morgan fingerprint density at radius 2 is 0.844 bits per heavy atom. The molecule has 0 aromatic heterocycles. The van der Waals surface area contributed by atoms with Crippen LogP contribution in [0.2, 0.25) is 0 Å². The van der Waals surface area contributed by atoms with Crippen LogP contribution < -0.4 is 0 Å². The summed E-state index contributed by atoms with van der Waals surface area (Å²) in [5, 5.41) is 16.0. The smallest absolute Gasteiger partial charge is 0.410 e. The quantitative estimate of drug-likeness (QED) is 0.0701. The molecular formula is C56H60F6N2O28S4. The van der Waals surface area contributed by atoms with Gasteiger partial charge in [-0.15, -0.1) is 0 Å². The van der Waals surface area contributed by atoms with Crippen LogP contribution in [-0.4, -0.2) is 189 Å². The predicted octanol–water partition coefficient (Wildman–Crippen LogP) is 1.98. The van der Waals surface area contributed by atoms with E-state index in [9.17, 15) is 109 Å². The van der Waals surface area contributed by atoms with Crippen LogP contribution in [0.1, 0.15) is 66.2 Å². The van der Waals surface area contributed by atoms with Crippen LogP contribution in [0.5, 0.6) is 0 Å². The second-order valence-electron chi connectivity index (χ2n) is 25.2. The lowest BCUT2D eigenvalue weighted by Crippen LogP contribution is -2.54. The van der Waals surface area contributed by atoms with Gasteiger partial charge in [-0.1, -0.05) is 26.3 Å².